The first-order valence-corrected chi connectivity index (χ1v) is 10.5. The first-order valence-electron chi connectivity index (χ1n) is 10.5. The number of hydrogen-bond donors (Lipinski definition) is 1. The van der Waals surface area contributed by atoms with Crippen LogP contribution in [-0.4, -0.2) is 40.8 Å². The average molecular weight is 378 g/mol. The Morgan fingerprint density at radius 2 is 2.15 bits per heavy atom. The Labute approximate surface area is 160 Å². The van der Waals surface area contributed by atoms with Crippen LogP contribution in [0.1, 0.15) is 65.2 Å². The Balaban J connectivity index is 1.42. The van der Waals surface area contributed by atoms with E-state index >= 15 is 0 Å². The molecule has 6 rings (SSSR count). The summed E-state index contributed by atoms with van der Waals surface area (Å²) in [4.78, 5) is 23.9. The molecule has 1 saturated carbocycles. The Bertz CT molecular complexity index is 661. The van der Waals surface area contributed by atoms with Gasteiger partial charge in [-0.1, -0.05) is 19.4 Å². The molecule has 8 atom stereocenters. The van der Waals surface area contributed by atoms with Gasteiger partial charge in [-0.3, -0.25) is 4.79 Å². The molecule has 4 heterocycles. The Kier molecular flexibility index (Phi) is 4.30. The van der Waals surface area contributed by atoms with Crippen LogP contribution in [0.25, 0.3) is 0 Å². The fourth-order valence-corrected chi connectivity index (χ4v) is 6.19. The van der Waals surface area contributed by atoms with Crippen molar-refractivity contribution in [2.24, 2.45) is 17.8 Å². The molecular formula is C21H30O6. The number of aliphatic hydroxyl groups is 1. The number of carbonyl (C=O) groups excluding carboxylic acids is 1. The van der Waals surface area contributed by atoms with E-state index in [-0.39, 0.29) is 23.7 Å². The van der Waals surface area contributed by atoms with Crippen LogP contribution in [-0.2, 0) is 24.0 Å². The van der Waals surface area contributed by atoms with E-state index in [1.54, 1.807) is 0 Å². The van der Waals surface area contributed by atoms with Gasteiger partial charge < -0.3 is 14.6 Å². The number of ketones is 1. The molecule has 6 nitrogen and oxygen atoms in total. The van der Waals surface area contributed by atoms with Crippen LogP contribution in [0, 0.1) is 17.8 Å². The summed E-state index contributed by atoms with van der Waals surface area (Å²) >= 11 is 0. The number of aliphatic hydroxyl groups excluding tert-OH is 1. The van der Waals surface area contributed by atoms with Crippen molar-refractivity contribution >= 4 is 5.78 Å². The second-order valence-corrected chi connectivity index (χ2v) is 9.28. The molecule has 4 saturated heterocycles. The molecule has 6 heteroatoms. The molecule has 5 fully saturated rings. The van der Waals surface area contributed by atoms with Gasteiger partial charge in [0.2, 0.25) is 5.79 Å². The minimum atomic E-state index is -0.772. The van der Waals surface area contributed by atoms with E-state index in [4.69, 9.17) is 19.2 Å². The second-order valence-electron chi connectivity index (χ2n) is 9.28. The smallest absolute Gasteiger partial charge is 0.201 e. The molecule has 2 bridgehead atoms. The summed E-state index contributed by atoms with van der Waals surface area (Å²) in [5, 5.41) is 10.7. The zero-order valence-electron chi connectivity index (χ0n) is 16.2. The lowest BCUT2D eigenvalue weighted by Crippen LogP contribution is -2.69. The zero-order valence-corrected chi connectivity index (χ0v) is 16.2. The van der Waals surface area contributed by atoms with E-state index in [1.165, 1.54) is 6.42 Å². The molecule has 6 aliphatic rings. The lowest BCUT2D eigenvalue weighted by molar-refractivity contribution is -0.569. The molecule has 0 aromatic rings. The average Bonchev–Trinajstić information content (AvgIpc) is 2.96. The van der Waals surface area contributed by atoms with Crippen molar-refractivity contribution in [3.05, 3.63) is 11.6 Å². The van der Waals surface area contributed by atoms with Gasteiger partial charge in [0.15, 0.2) is 17.7 Å². The monoisotopic (exact) mass is 378 g/mol. The van der Waals surface area contributed by atoms with Gasteiger partial charge in [-0.15, -0.1) is 0 Å². The van der Waals surface area contributed by atoms with Crippen molar-refractivity contribution in [2.75, 3.05) is 0 Å². The van der Waals surface area contributed by atoms with Gasteiger partial charge in [-0.2, -0.15) is 0 Å². The van der Waals surface area contributed by atoms with Gasteiger partial charge >= 0.3 is 0 Å². The van der Waals surface area contributed by atoms with Crippen molar-refractivity contribution in [1.82, 2.24) is 0 Å². The summed E-state index contributed by atoms with van der Waals surface area (Å²) in [5.74, 6) is 0.131. The van der Waals surface area contributed by atoms with Gasteiger partial charge in [-0.25, -0.2) is 9.78 Å². The number of hydrogen-bond acceptors (Lipinski definition) is 6. The van der Waals surface area contributed by atoms with E-state index in [9.17, 15) is 9.90 Å². The van der Waals surface area contributed by atoms with Gasteiger partial charge in [0.25, 0.3) is 0 Å². The van der Waals surface area contributed by atoms with Gasteiger partial charge in [0.05, 0.1) is 12.2 Å². The fraction of sp³-hybridized carbons (Fsp3) is 0.857. The minimum Gasteiger partial charge on any atom is -0.388 e. The fourth-order valence-electron chi connectivity index (χ4n) is 6.19. The normalized spacial score (nSPS) is 50.1. The lowest BCUT2D eigenvalue weighted by atomic mass is 9.60. The summed E-state index contributed by atoms with van der Waals surface area (Å²) in [5.41, 5.74) is 0.0138. The first-order chi connectivity index (χ1) is 12.9. The van der Waals surface area contributed by atoms with Crippen molar-refractivity contribution < 1.29 is 29.1 Å². The van der Waals surface area contributed by atoms with Crippen molar-refractivity contribution in [1.29, 1.82) is 0 Å². The van der Waals surface area contributed by atoms with Crippen LogP contribution in [0.2, 0.25) is 0 Å². The van der Waals surface area contributed by atoms with Crippen LogP contribution >= 0.6 is 0 Å². The maximum absolute atomic E-state index is 12.0. The van der Waals surface area contributed by atoms with E-state index < -0.39 is 23.8 Å². The van der Waals surface area contributed by atoms with E-state index in [0.29, 0.717) is 24.3 Å². The molecule has 1 spiro atoms. The topological polar surface area (TPSA) is 74.2 Å². The standard InChI is InChI=1S/C21H30O6/c1-12-15-7-3-5-13-9-10-20(2)25-19(21(13,15)27-26-20)24-18(12)11-17(23)14-6-4-8-16(14)22/h6,12-13,15,17-19,23H,3-5,7-11H2,1-2H3/t12-,13-,15+,17-,18-,19-,20+,21?/m1/s1. The number of fused-ring (bicyclic) bond motifs is 2. The molecule has 0 amide bonds. The molecule has 27 heavy (non-hydrogen) atoms. The zero-order chi connectivity index (χ0) is 18.8. The molecule has 150 valence electrons. The van der Waals surface area contributed by atoms with Crippen LogP contribution in [0.15, 0.2) is 11.6 Å². The van der Waals surface area contributed by atoms with Crippen molar-refractivity contribution in [3.63, 3.8) is 0 Å². The van der Waals surface area contributed by atoms with Crippen LogP contribution in [0.5, 0.6) is 0 Å². The third-order valence-corrected chi connectivity index (χ3v) is 7.71. The number of carbonyl (C=O) groups is 1. The molecule has 1 unspecified atom stereocenters. The minimum absolute atomic E-state index is 0.0641. The van der Waals surface area contributed by atoms with Gasteiger partial charge in [-0.05, 0) is 44.4 Å². The number of ether oxygens (including phenoxy) is 2. The number of rotatable bonds is 3. The highest BCUT2D eigenvalue weighted by Crippen LogP contribution is 2.59. The Morgan fingerprint density at radius 1 is 1.30 bits per heavy atom. The molecule has 2 aliphatic carbocycles. The highest BCUT2D eigenvalue weighted by molar-refractivity contribution is 5.98. The van der Waals surface area contributed by atoms with Crippen molar-refractivity contribution in [3.8, 4) is 0 Å². The third kappa shape index (κ3) is 2.68. The second kappa shape index (κ2) is 6.36. The Morgan fingerprint density at radius 3 is 2.93 bits per heavy atom. The van der Waals surface area contributed by atoms with Crippen LogP contribution in [0.3, 0.4) is 0 Å². The summed E-state index contributed by atoms with van der Waals surface area (Å²) in [6.07, 6.45) is 7.29. The van der Waals surface area contributed by atoms with E-state index in [2.05, 4.69) is 6.92 Å². The predicted octanol–water partition coefficient (Wildman–Crippen LogP) is 3.03. The summed E-state index contributed by atoms with van der Waals surface area (Å²) in [7, 11) is 0. The van der Waals surface area contributed by atoms with Crippen LogP contribution < -0.4 is 0 Å². The SMILES string of the molecule is C[C@H]1[C@@H](C[C@@H](O)C2=CCCC2=O)O[C@@H]2O[C@]3(C)CC[C@H]4CCC[C@@H]1C42OO3. The molecule has 1 N–H and O–H groups in total. The van der Waals surface area contributed by atoms with Crippen LogP contribution in [0.4, 0.5) is 0 Å². The molecule has 0 aromatic heterocycles. The summed E-state index contributed by atoms with van der Waals surface area (Å²) < 4.78 is 12.8. The highest BCUT2D eigenvalue weighted by atomic mass is 17.3. The number of allylic oxidation sites excluding steroid dienone is 1. The largest absolute Gasteiger partial charge is 0.388 e. The summed E-state index contributed by atoms with van der Waals surface area (Å²) in [6, 6.07) is 0. The van der Waals surface area contributed by atoms with Gasteiger partial charge in [0, 0.05) is 30.8 Å². The molecular weight excluding hydrogens is 348 g/mol. The quantitative estimate of drug-likeness (QED) is 0.761. The first kappa shape index (κ1) is 18.3. The third-order valence-electron chi connectivity index (χ3n) is 7.71. The van der Waals surface area contributed by atoms with E-state index in [1.807, 2.05) is 13.0 Å². The molecule has 0 radical (unpaired) electrons. The molecule has 4 aliphatic heterocycles. The maximum atomic E-state index is 12.0. The Hall–Kier alpha value is -0.790. The van der Waals surface area contributed by atoms with Crippen molar-refractivity contribution in [2.45, 2.75) is 95.1 Å². The lowest BCUT2D eigenvalue weighted by Gasteiger charge is -2.59. The van der Waals surface area contributed by atoms with E-state index in [0.717, 1.165) is 32.1 Å². The highest BCUT2D eigenvalue weighted by Gasteiger charge is 2.68. The van der Waals surface area contributed by atoms with Gasteiger partial charge in [0.1, 0.15) is 0 Å². The molecule has 0 aromatic carbocycles. The maximum Gasteiger partial charge on any atom is 0.201 e. The summed E-state index contributed by atoms with van der Waals surface area (Å²) in [6.45, 7) is 4.10. The predicted molar refractivity (Wildman–Crippen MR) is 95.2 cm³/mol. The number of Topliss-reactive ketones (excluding diaryl/α,β-unsaturated/α-hetero) is 1.